The van der Waals surface area contributed by atoms with Gasteiger partial charge in [-0.1, -0.05) is 19.9 Å². The molecule has 0 atom stereocenters. The van der Waals surface area contributed by atoms with Crippen LogP contribution in [0.25, 0.3) is 5.57 Å². The van der Waals surface area contributed by atoms with Crippen LogP contribution in [0.5, 0.6) is 0 Å². The second-order valence-electron chi connectivity index (χ2n) is 6.15. The maximum Gasteiger partial charge on any atom is 0.252 e. The fraction of sp³-hybridized carbons (Fsp3) is 0.533. The van der Waals surface area contributed by atoms with Crippen molar-refractivity contribution in [1.82, 2.24) is 15.2 Å². The predicted molar refractivity (Wildman–Crippen MR) is 76.2 cm³/mol. The molecule has 4 heteroatoms. The highest BCUT2D eigenvalue weighted by atomic mass is 16.1. The van der Waals surface area contributed by atoms with Crippen LogP contribution in [0.2, 0.25) is 0 Å². The molecule has 0 saturated carbocycles. The Labute approximate surface area is 113 Å². The molecule has 0 fully saturated rings. The normalized spacial score (nSPS) is 20.3. The van der Waals surface area contributed by atoms with Crippen LogP contribution in [-0.2, 0) is 13.0 Å². The number of allylic oxidation sites excluding steroid dienone is 1. The third-order valence-electron chi connectivity index (χ3n) is 4.00. The van der Waals surface area contributed by atoms with Crippen molar-refractivity contribution in [3.05, 3.63) is 29.1 Å². The van der Waals surface area contributed by atoms with E-state index < -0.39 is 0 Å². The minimum Gasteiger partial charge on any atom is -0.355 e. The van der Waals surface area contributed by atoms with Gasteiger partial charge in [-0.3, -0.25) is 4.79 Å². The highest BCUT2D eigenvalue weighted by Crippen LogP contribution is 2.39. The first-order valence-electron chi connectivity index (χ1n) is 6.89. The second kappa shape index (κ2) is 4.23. The molecule has 1 aliphatic carbocycles. The number of nitrogens with one attached hydrogen (secondary N) is 2. The van der Waals surface area contributed by atoms with Gasteiger partial charge in [0.15, 0.2) is 0 Å². The molecule has 19 heavy (non-hydrogen) atoms. The summed E-state index contributed by atoms with van der Waals surface area (Å²) in [5.41, 5.74) is 4.77. The Morgan fingerprint density at radius 2 is 2.26 bits per heavy atom. The van der Waals surface area contributed by atoms with Crippen LogP contribution >= 0.6 is 0 Å². The van der Waals surface area contributed by atoms with Crippen LogP contribution in [0.3, 0.4) is 0 Å². The number of nitrogens with zero attached hydrogens (tertiary/aromatic N) is 1. The molecule has 2 N–H and O–H groups in total. The largest absolute Gasteiger partial charge is 0.355 e. The van der Waals surface area contributed by atoms with Crippen molar-refractivity contribution in [3.63, 3.8) is 0 Å². The van der Waals surface area contributed by atoms with E-state index in [0.29, 0.717) is 0 Å². The smallest absolute Gasteiger partial charge is 0.252 e. The van der Waals surface area contributed by atoms with E-state index in [2.05, 4.69) is 35.1 Å². The van der Waals surface area contributed by atoms with Crippen LogP contribution in [0.4, 0.5) is 0 Å². The number of amides is 1. The van der Waals surface area contributed by atoms with Gasteiger partial charge in [0.25, 0.3) is 5.91 Å². The third kappa shape index (κ3) is 2.00. The zero-order valence-electron chi connectivity index (χ0n) is 11.8. The SMILES string of the molecule is CNC(=O)c1cn2c3c1CC(C)(C)C=C3CNCC2. The second-order valence-corrected chi connectivity index (χ2v) is 6.15. The first-order chi connectivity index (χ1) is 9.02. The summed E-state index contributed by atoms with van der Waals surface area (Å²) < 4.78 is 2.24. The summed E-state index contributed by atoms with van der Waals surface area (Å²) in [6, 6.07) is 0. The molecule has 0 unspecified atom stereocenters. The van der Waals surface area contributed by atoms with E-state index >= 15 is 0 Å². The Morgan fingerprint density at radius 1 is 1.47 bits per heavy atom. The molecule has 1 aromatic heterocycles. The van der Waals surface area contributed by atoms with Crippen molar-refractivity contribution in [2.75, 3.05) is 20.1 Å². The van der Waals surface area contributed by atoms with E-state index in [0.717, 1.165) is 31.6 Å². The van der Waals surface area contributed by atoms with Gasteiger partial charge in [-0.15, -0.1) is 0 Å². The van der Waals surface area contributed by atoms with E-state index in [4.69, 9.17) is 0 Å². The lowest BCUT2D eigenvalue weighted by atomic mass is 9.77. The van der Waals surface area contributed by atoms with Crippen molar-refractivity contribution < 1.29 is 4.79 Å². The van der Waals surface area contributed by atoms with Crippen LogP contribution in [-0.4, -0.2) is 30.6 Å². The number of carbonyl (C=O) groups is 1. The fourth-order valence-electron chi connectivity index (χ4n) is 3.27. The zero-order chi connectivity index (χ0) is 13.6. The number of carbonyl (C=O) groups excluding carboxylic acids is 1. The lowest BCUT2D eigenvalue weighted by Crippen LogP contribution is -2.25. The van der Waals surface area contributed by atoms with Gasteiger partial charge in [0.1, 0.15) is 0 Å². The third-order valence-corrected chi connectivity index (χ3v) is 4.00. The average Bonchev–Trinajstić information content (AvgIpc) is 2.58. The molecule has 0 saturated heterocycles. The van der Waals surface area contributed by atoms with Crippen LogP contribution < -0.4 is 10.6 Å². The summed E-state index contributed by atoms with van der Waals surface area (Å²) >= 11 is 0. The van der Waals surface area contributed by atoms with Crippen molar-refractivity contribution >= 4 is 11.5 Å². The summed E-state index contributed by atoms with van der Waals surface area (Å²) in [5.74, 6) is 0.0283. The first-order valence-corrected chi connectivity index (χ1v) is 6.89. The lowest BCUT2D eigenvalue weighted by Gasteiger charge is -2.28. The average molecular weight is 259 g/mol. The minimum absolute atomic E-state index is 0.0283. The van der Waals surface area contributed by atoms with Crippen LogP contribution in [0.1, 0.15) is 35.5 Å². The van der Waals surface area contributed by atoms with Crippen molar-refractivity contribution in [2.24, 2.45) is 5.41 Å². The zero-order valence-corrected chi connectivity index (χ0v) is 11.8. The molecule has 4 nitrogen and oxygen atoms in total. The fourth-order valence-corrected chi connectivity index (χ4v) is 3.27. The molecule has 0 aromatic carbocycles. The molecule has 2 heterocycles. The summed E-state index contributed by atoms with van der Waals surface area (Å²) in [4.78, 5) is 12.1. The number of aromatic nitrogens is 1. The van der Waals surface area contributed by atoms with Gasteiger partial charge in [0, 0.05) is 38.6 Å². The Hall–Kier alpha value is -1.55. The predicted octanol–water partition coefficient (Wildman–Crippen LogP) is 1.42. The topological polar surface area (TPSA) is 46.1 Å². The van der Waals surface area contributed by atoms with Gasteiger partial charge in [-0.25, -0.2) is 0 Å². The van der Waals surface area contributed by atoms with Crippen molar-refractivity contribution in [2.45, 2.75) is 26.8 Å². The molecular weight excluding hydrogens is 238 g/mol. The molecule has 2 aliphatic rings. The monoisotopic (exact) mass is 259 g/mol. The molecule has 1 amide bonds. The van der Waals surface area contributed by atoms with Crippen LogP contribution in [0, 0.1) is 5.41 Å². The maximum atomic E-state index is 12.1. The summed E-state index contributed by atoms with van der Waals surface area (Å²) in [6.45, 7) is 7.24. The highest BCUT2D eigenvalue weighted by Gasteiger charge is 2.32. The molecule has 102 valence electrons. The molecule has 0 radical (unpaired) electrons. The Balaban J connectivity index is 2.20. The van der Waals surface area contributed by atoms with Gasteiger partial charge in [0.05, 0.1) is 5.56 Å². The van der Waals surface area contributed by atoms with E-state index in [1.165, 1.54) is 16.8 Å². The van der Waals surface area contributed by atoms with Gasteiger partial charge >= 0.3 is 0 Å². The van der Waals surface area contributed by atoms with E-state index in [-0.39, 0.29) is 11.3 Å². The van der Waals surface area contributed by atoms with Crippen molar-refractivity contribution in [1.29, 1.82) is 0 Å². The van der Waals surface area contributed by atoms with E-state index in [9.17, 15) is 4.79 Å². The summed E-state index contributed by atoms with van der Waals surface area (Å²) in [5, 5.41) is 6.21. The van der Waals surface area contributed by atoms with Crippen molar-refractivity contribution in [3.8, 4) is 0 Å². The molecule has 0 spiro atoms. The van der Waals surface area contributed by atoms with Gasteiger partial charge in [0.2, 0.25) is 0 Å². The molecule has 1 aromatic rings. The number of hydrogen-bond acceptors (Lipinski definition) is 2. The maximum absolute atomic E-state index is 12.1. The Bertz CT molecular complexity index is 566. The summed E-state index contributed by atoms with van der Waals surface area (Å²) in [6.07, 6.45) is 5.31. The van der Waals surface area contributed by atoms with Gasteiger partial charge in [-0.05, 0) is 23.0 Å². The molecular formula is C15H21N3O. The van der Waals surface area contributed by atoms with Gasteiger partial charge < -0.3 is 15.2 Å². The highest BCUT2D eigenvalue weighted by molar-refractivity contribution is 5.97. The standard InChI is InChI=1S/C15H21N3O/c1-15(2)6-10-8-17-4-5-18-9-12(14(19)16-3)11(7-15)13(10)18/h6,9,17H,4-5,7-8H2,1-3H3,(H,16,19). The van der Waals surface area contributed by atoms with E-state index in [1.807, 2.05) is 6.20 Å². The quantitative estimate of drug-likeness (QED) is 0.801. The number of rotatable bonds is 1. The Morgan fingerprint density at radius 3 is 3.00 bits per heavy atom. The molecule has 3 rings (SSSR count). The lowest BCUT2D eigenvalue weighted by molar-refractivity contribution is 0.0962. The van der Waals surface area contributed by atoms with Gasteiger partial charge in [-0.2, -0.15) is 0 Å². The van der Waals surface area contributed by atoms with Crippen LogP contribution in [0.15, 0.2) is 12.3 Å². The molecule has 1 aliphatic heterocycles. The molecule has 0 bridgehead atoms. The van der Waals surface area contributed by atoms with E-state index in [1.54, 1.807) is 7.05 Å². The number of hydrogen-bond donors (Lipinski definition) is 2. The summed E-state index contributed by atoms with van der Waals surface area (Å²) in [7, 11) is 1.70. The first kappa shape index (κ1) is 12.5. The Kier molecular flexibility index (Phi) is 2.78. The minimum atomic E-state index is 0.0283.